The van der Waals surface area contributed by atoms with E-state index in [-0.39, 0.29) is 0 Å². The Kier molecular flexibility index (Phi) is 5.26. The highest BCUT2D eigenvalue weighted by atomic mass is 16.3. The maximum absolute atomic E-state index is 5.24. The molecule has 1 aliphatic carbocycles. The van der Waals surface area contributed by atoms with Gasteiger partial charge in [0.15, 0.2) is 0 Å². The van der Waals surface area contributed by atoms with Gasteiger partial charge in [0.05, 0.1) is 12.5 Å². The zero-order valence-electron chi connectivity index (χ0n) is 11.6. The van der Waals surface area contributed by atoms with E-state index in [1.54, 1.807) is 6.26 Å². The number of hydrogen-bond acceptors (Lipinski definition) is 3. The van der Waals surface area contributed by atoms with E-state index in [9.17, 15) is 0 Å². The fourth-order valence-corrected chi connectivity index (χ4v) is 3.13. The summed E-state index contributed by atoms with van der Waals surface area (Å²) >= 11 is 0. The summed E-state index contributed by atoms with van der Waals surface area (Å²) in [4.78, 5) is 0. The van der Waals surface area contributed by atoms with E-state index in [1.807, 2.05) is 6.26 Å². The van der Waals surface area contributed by atoms with Crippen molar-refractivity contribution in [3.63, 3.8) is 0 Å². The molecule has 1 saturated carbocycles. The molecule has 3 heteroatoms. The van der Waals surface area contributed by atoms with Crippen LogP contribution in [-0.4, -0.2) is 19.6 Å². The molecule has 18 heavy (non-hydrogen) atoms. The molecule has 1 heterocycles. The van der Waals surface area contributed by atoms with Crippen molar-refractivity contribution < 1.29 is 4.42 Å². The third-order valence-electron chi connectivity index (χ3n) is 4.15. The molecule has 1 fully saturated rings. The van der Waals surface area contributed by atoms with Crippen LogP contribution in [0, 0.1) is 5.92 Å². The van der Waals surface area contributed by atoms with Gasteiger partial charge >= 0.3 is 0 Å². The summed E-state index contributed by atoms with van der Waals surface area (Å²) in [7, 11) is 2.09. The quantitative estimate of drug-likeness (QED) is 0.781. The Morgan fingerprint density at radius 3 is 3.00 bits per heavy atom. The van der Waals surface area contributed by atoms with Gasteiger partial charge in [-0.3, -0.25) is 0 Å². The van der Waals surface area contributed by atoms with E-state index in [0.717, 1.165) is 12.5 Å². The minimum atomic E-state index is 0.447. The first-order valence-electron chi connectivity index (χ1n) is 7.28. The third-order valence-corrected chi connectivity index (χ3v) is 4.15. The van der Waals surface area contributed by atoms with Crippen LogP contribution in [0.1, 0.15) is 50.6 Å². The Morgan fingerprint density at radius 1 is 1.44 bits per heavy atom. The second-order valence-corrected chi connectivity index (χ2v) is 5.39. The Bertz CT molecular complexity index is 323. The van der Waals surface area contributed by atoms with Gasteiger partial charge in [0.1, 0.15) is 0 Å². The van der Waals surface area contributed by atoms with Gasteiger partial charge < -0.3 is 15.1 Å². The second kappa shape index (κ2) is 6.95. The van der Waals surface area contributed by atoms with Gasteiger partial charge in [-0.25, -0.2) is 0 Å². The predicted octanol–water partition coefficient (Wildman–Crippen LogP) is 3.10. The maximum Gasteiger partial charge on any atom is 0.0950 e. The van der Waals surface area contributed by atoms with Crippen molar-refractivity contribution in [3.8, 4) is 0 Å². The molecule has 0 saturated heterocycles. The Balaban J connectivity index is 1.96. The topological polar surface area (TPSA) is 37.2 Å². The summed E-state index contributed by atoms with van der Waals surface area (Å²) < 4.78 is 5.24. The van der Waals surface area contributed by atoms with Crippen molar-refractivity contribution in [2.75, 3.05) is 13.6 Å². The van der Waals surface area contributed by atoms with Crippen molar-refractivity contribution in [2.24, 2.45) is 5.92 Å². The lowest BCUT2D eigenvalue weighted by Crippen LogP contribution is -2.32. The van der Waals surface area contributed by atoms with Gasteiger partial charge in [0.25, 0.3) is 0 Å². The molecule has 0 aromatic carbocycles. The average molecular weight is 250 g/mol. The molecule has 3 atom stereocenters. The number of furan rings is 1. The molecule has 2 N–H and O–H groups in total. The lowest BCUT2D eigenvalue weighted by Gasteiger charge is -2.25. The molecule has 3 unspecified atom stereocenters. The average Bonchev–Trinajstić information content (AvgIpc) is 3.04. The second-order valence-electron chi connectivity index (χ2n) is 5.39. The Morgan fingerprint density at radius 2 is 2.33 bits per heavy atom. The van der Waals surface area contributed by atoms with Gasteiger partial charge in [0, 0.05) is 17.6 Å². The molecular weight excluding hydrogens is 224 g/mol. The van der Waals surface area contributed by atoms with E-state index in [4.69, 9.17) is 4.42 Å². The number of hydrogen-bond donors (Lipinski definition) is 2. The van der Waals surface area contributed by atoms with E-state index in [1.165, 1.54) is 37.7 Å². The minimum absolute atomic E-state index is 0.447. The van der Waals surface area contributed by atoms with Crippen LogP contribution in [0.15, 0.2) is 23.0 Å². The normalized spacial score (nSPS) is 25.4. The maximum atomic E-state index is 5.24. The Labute approximate surface area is 110 Å². The van der Waals surface area contributed by atoms with Crippen LogP contribution in [0.5, 0.6) is 0 Å². The first-order valence-corrected chi connectivity index (χ1v) is 7.28. The molecule has 2 rings (SSSR count). The fraction of sp³-hybridized carbons (Fsp3) is 0.733. The van der Waals surface area contributed by atoms with E-state index in [0.29, 0.717) is 12.1 Å². The summed E-state index contributed by atoms with van der Waals surface area (Å²) in [5.41, 5.74) is 1.30. The highest BCUT2D eigenvalue weighted by Gasteiger charge is 2.28. The van der Waals surface area contributed by atoms with Crippen LogP contribution in [0.3, 0.4) is 0 Å². The molecule has 102 valence electrons. The molecule has 0 radical (unpaired) electrons. The first kappa shape index (κ1) is 13.6. The molecule has 1 aromatic heterocycles. The molecular formula is C15H26N2O. The van der Waals surface area contributed by atoms with Crippen LogP contribution in [-0.2, 0) is 0 Å². The zero-order chi connectivity index (χ0) is 12.8. The number of rotatable bonds is 7. The molecule has 3 nitrogen and oxygen atoms in total. The molecule has 0 aliphatic heterocycles. The zero-order valence-corrected chi connectivity index (χ0v) is 11.6. The van der Waals surface area contributed by atoms with Gasteiger partial charge in [-0.2, -0.15) is 0 Å². The lowest BCUT2D eigenvalue weighted by atomic mass is 9.92. The predicted molar refractivity (Wildman–Crippen MR) is 74.5 cm³/mol. The molecule has 0 bridgehead atoms. The SMILES string of the molecule is CCCNC(CC1CCCC1NC)c1ccoc1. The summed E-state index contributed by atoms with van der Waals surface area (Å²) in [6.45, 7) is 3.29. The van der Waals surface area contributed by atoms with Crippen LogP contribution in [0.4, 0.5) is 0 Å². The Hall–Kier alpha value is -0.800. The molecule has 1 aliphatic rings. The minimum Gasteiger partial charge on any atom is -0.472 e. The molecule has 0 amide bonds. The molecule has 0 spiro atoms. The van der Waals surface area contributed by atoms with E-state index >= 15 is 0 Å². The van der Waals surface area contributed by atoms with E-state index < -0.39 is 0 Å². The highest BCUT2D eigenvalue weighted by molar-refractivity contribution is 5.12. The van der Waals surface area contributed by atoms with Crippen molar-refractivity contribution >= 4 is 0 Å². The highest BCUT2D eigenvalue weighted by Crippen LogP contribution is 2.33. The number of nitrogens with one attached hydrogen (secondary N) is 2. The third kappa shape index (κ3) is 3.36. The van der Waals surface area contributed by atoms with Gasteiger partial charge in [0.2, 0.25) is 0 Å². The van der Waals surface area contributed by atoms with Gasteiger partial charge in [-0.1, -0.05) is 13.3 Å². The van der Waals surface area contributed by atoms with Crippen molar-refractivity contribution in [3.05, 3.63) is 24.2 Å². The monoisotopic (exact) mass is 250 g/mol. The first-order chi connectivity index (χ1) is 8.85. The van der Waals surface area contributed by atoms with E-state index in [2.05, 4.69) is 30.7 Å². The summed E-state index contributed by atoms with van der Waals surface area (Å²) in [6.07, 6.45) is 10.1. The van der Waals surface area contributed by atoms with Crippen LogP contribution in [0.25, 0.3) is 0 Å². The van der Waals surface area contributed by atoms with Crippen molar-refractivity contribution in [1.82, 2.24) is 10.6 Å². The fourth-order valence-electron chi connectivity index (χ4n) is 3.13. The van der Waals surface area contributed by atoms with Gasteiger partial charge in [-0.15, -0.1) is 0 Å². The van der Waals surface area contributed by atoms with Crippen LogP contribution in [0.2, 0.25) is 0 Å². The van der Waals surface area contributed by atoms with Crippen molar-refractivity contribution in [1.29, 1.82) is 0 Å². The summed E-state index contributed by atoms with van der Waals surface area (Å²) in [5.74, 6) is 0.791. The van der Waals surface area contributed by atoms with Crippen LogP contribution >= 0.6 is 0 Å². The lowest BCUT2D eigenvalue weighted by molar-refractivity contribution is 0.341. The largest absolute Gasteiger partial charge is 0.472 e. The standard InChI is InChI=1S/C15H26N2O/c1-3-8-17-15(13-7-9-18-11-13)10-12-5-4-6-14(12)16-2/h7,9,11-12,14-17H,3-6,8,10H2,1-2H3. The smallest absolute Gasteiger partial charge is 0.0950 e. The summed E-state index contributed by atoms with van der Waals surface area (Å²) in [5, 5.41) is 7.13. The summed E-state index contributed by atoms with van der Waals surface area (Å²) in [6, 6.07) is 3.24. The van der Waals surface area contributed by atoms with Crippen LogP contribution < -0.4 is 10.6 Å². The van der Waals surface area contributed by atoms with Crippen molar-refractivity contribution in [2.45, 2.75) is 51.1 Å². The van der Waals surface area contributed by atoms with Gasteiger partial charge in [-0.05, 0) is 51.3 Å². The molecule has 1 aromatic rings.